The van der Waals surface area contributed by atoms with E-state index in [-0.39, 0.29) is 0 Å². The first-order valence-corrected chi connectivity index (χ1v) is 3.66. The summed E-state index contributed by atoms with van der Waals surface area (Å²) in [6, 6.07) is 0. The summed E-state index contributed by atoms with van der Waals surface area (Å²) in [5, 5.41) is 3.35. The van der Waals surface area contributed by atoms with E-state index in [1.807, 2.05) is 24.3 Å². The molecule has 0 saturated heterocycles. The number of rotatable bonds is 2. The number of hydrogen-bond acceptors (Lipinski definition) is 2. The van der Waals surface area contributed by atoms with Crippen LogP contribution in [0.4, 0.5) is 0 Å². The topological polar surface area (TPSA) is 61.1 Å². The van der Waals surface area contributed by atoms with Gasteiger partial charge in [-0.05, 0) is 11.6 Å². The molecule has 0 atom stereocenters. The lowest BCUT2D eigenvalue weighted by molar-refractivity contribution is 1.45. The molecule has 0 saturated carbocycles. The van der Waals surface area contributed by atoms with E-state index in [0.29, 0.717) is 0 Å². The lowest BCUT2D eigenvalue weighted by Gasteiger charge is -2.03. The van der Waals surface area contributed by atoms with Crippen molar-refractivity contribution < 1.29 is 0 Å². The largest absolute Gasteiger partial charge is 0.257 e. The number of aliphatic imine (C=N–C) groups is 1. The zero-order valence-corrected chi connectivity index (χ0v) is 6.96. The van der Waals surface area contributed by atoms with E-state index >= 15 is 0 Å². The van der Waals surface area contributed by atoms with E-state index < -0.39 is 0 Å². The molecule has 0 heterocycles. The molecule has 4 heteroatoms. The minimum absolute atomic E-state index is 0.741. The molecular weight excluding hydrogens is 164 g/mol. The van der Waals surface area contributed by atoms with Crippen LogP contribution in [0.1, 0.15) is 0 Å². The Hall–Kier alpha value is -2.06. The highest BCUT2D eigenvalue weighted by atomic mass is 15.1. The van der Waals surface area contributed by atoms with Crippen LogP contribution in [0.25, 0.3) is 10.4 Å². The number of azide groups is 1. The Morgan fingerprint density at radius 3 is 2.85 bits per heavy atom. The van der Waals surface area contributed by atoms with Crippen molar-refractivity contribution in [2.45, 2.75) is 0 Å². The van der Waals surface area contributed by atoms with Crippen molar-refractivity contribution >= 4 is 5.71 Å². The van der Waals surface area contributed by atoms with Crippen molar-refractivity contribution in [2.75, 3.05) is 0 Å². The third-order valence-electron chi connectivity index (χ3n) is 1.42. The summed E-state index contributed by atoms with van der Waals surface area (Å²) >= 11 is 0. The third kappa shape index (κ3) is 2.47. The molecule has 0 N–H and O–H groups in total. The van der Waals surface area contributed by atoms with Gasteiger partial charge in [0.05, 0.1) is 5.71 Å². The summed E-state index contributed by atoms with van der Waals surface area (Å²) in [6.45, 7) is 3.49. The van der Waals surface area contributed by atoms with Crippen molar-refractivity contribution in [3.63, 3.8) is 0 Å². The van der Waals surface area contributed by atoms with Crippen molar-refractivity contribution in [3.05, 3.63) is 59.3 Å². The van der Waals surface area contributed by atoms with Gasteiger partial charge in [0.1, 0.15) is 0 Å². The van der Waals surface area contributed by atoms with Crippen LogP contribution in [0.5, 0.6) is 0 Å². The van der Waals surface area contributed by atoms with Crippen molar-refractivity contribution in [1.82, 2.24) is 0 Å². The van der Waals surface area contributed by atoms with Crippen LogP contribution in [-0.2, 0) is 0 Å². The molecule has 1 aliphatic rings. The van der Waals surface area contributed by atoms with Gasteiger partial charge in [-0.1, -0.05) is 29.9 Å². The SMILES string of the molecule is C=C/N=C1/C=CC=C/C1=C/N=[N+]=[N-]. The van der Waals surface area contributed by atoms with E-state index in [1.54, 1.807) is 0 Å². The third-order valence-corrected chi connectivity index (χ3v) is 1.42. The van der Waals surface area contributed by atoms with Crippen LogP contribution in [0, 0.1) is 0 Å². The lowest BCUT2D eigenvalue weighted by atomic mass is 10.1. The Bertz CT molecular complexity index is 365. The molecule has 64 valence electrons. The predicted octanol–water partition coefficient (Wildman–Crippen LogP) is 2.89. The van der Waals surface area contributed by atoms with Gasteiger partial charge >= 0.3 is 0 Å². The Labute approximate surface area is 75.9 Å². The first kappa shape index (κ1) is 9.03. The van der Waals surface area contributed by atoms with Crippen LogP contribution in [-0.4, -0.2) is 5.71 Å². The molecule has 0 fully saturated rings. The number of allylic oxidation sites excluding steroid dienone is 5. The summed E-state index contributed by atoms with van der Waals surface area (Å²) in [7, 11) is 0. The summed E-state index contributed by atoms with van der Waals surface area (Å²) in [5.74, 6) is 0. The number of nitrogens with zero attached hydrogens (tertiary/aromatic N) is 4. The number of hydrogen-bond donors (Lipinski definition) is 0. The second-order valence-corrected chi connectivity index (χ2v) is 2.20. The molecule has 0 aromatic carbocycles. The van der Waals surface area contributed by atoms with E-state index in [0.717, 1.165) is 11.3 Å². The molecule has 0 spiro atoms. The molecule has 13 heavy (non-hydrogen) atoms. The van der Waals surface area contributed by atoms with Gasteiger partial charge < -0.3 is 0 Å². The molecule has 0 unspecified atom stereocenters. The van der Waals surface area contributed by atoms with Crippen molar-refractivity contribution in [2.24, 2.45) is 10.1 Å². The Kier molecular flexibility index (Phi) is 3.30. The van der Waals surface area contributed by atoms with Crippen LogP contribution in [0.2, 0.25) is 0 Å². The van der Waals surface area contributed by atoms with Crippen LogP contribution >= 0.6 is 0 Å². The summed E-state index contributed by atoms with van der Waals surface area (Å²) in [6.07, 6.45) is 10.2. The molecular formula is C9H8N4. The minimum atomic E-state index is 0.741. The quantitative estimate of drug-likeness (QED) is 0.349. The Balaban J connectivity index is 3.01. The van der Waals surface area contributed by atoms with Crippen LogP contribution < -0.4 is 0 Å². The maximum Gasteiger partial charge on any atom is 0.0700 e. The molecule has 0 amide bonds. The lowest BCUT2D eigenvalue weighted by Crippen LogP contribution is -1.98. The van der Waals surface area contributed by atoms with Crippen molar-refractivity contribution in [1.29, 1.82) is 0 Å². The second-order valence-electron chi connectivity index (χ2n) is 2.20. The van der Waals surface area contributed by atoms with Gasteiger partial charge in [-0.15, -0.1) is 0 Å². The highest BCUT2D eigenvalue weighted by molar-refractivity contribution is 6.11. The van der Waals surface area contributed by atoms with Crippen molar-refractivity contribution in [3.8, 4) is 0 Å². The average molecular weight is 172 g/mol. The highest BCUT2D eigenvalue weighted by Gasteiger charge is 2.00. The van der Waals surface area contributed by atoms with E-state index in [9.17, 15) is 0 Å². The first-order valence-electron chi connectivity index (χ1n) is 3.66. The molecule has 0 aliphatic heterocycles. The van der Waals surface area contributed by atoms with Crippen LogP contribution in [0.3, 0.4) is 0 Å². The van der Waals surface area contributed by atoms with Gasteiger partial charge in [0.15, 0.2) is 0 Å². The maximum absolute atomic E-state index is 8.12. The average Bonchev–Trinajstić information content (AvgIpc) is 2.17. The van der Waals surface area contributed by atoms with Crippen LogP contribution in [0.15, 0.2) is 59.0 Å². The standard InChI is InChI=1S/C9H8N4/c1-2-11-9-6-4-3-5-8(9)7-12-13-10/h2-7H,1H2/b8-7-,11-9-. The second kappa shape index (κ2) is 4.74. The predicted molar refractivity (Wildman–Crippen MR) is 53.1 cm³/mol. The zero-order chi connectivity index (χ0) is 9.52. The fraction of sp³-hybridized carbons (Fsp3) is 0. The molecule has 0 radical (unpaired) electrons. The molecule has 1 aliphatic carbocycles. The summed E-state index contributed by atoms with van der Waals surface area (Å²) in [5.41, 5.74) is 9.64. The zero-order valence-electron chi connectivity index (χ0n) is 6.96. The van der Waals surface area contributed by atoms with Gasteiger partial charge in [0.2, 0.25) is 0 Å². The highest BCUT2D eigenvalue weighted by Crippen LogP contribution is 2.08. The van der Waals surface area contributed by atoms with E-state index in [2.05, 4.69) is 21.6 Å². The Morgan fingerprint density at radius 2 is 2.15 bits per heavy atom. The molecule has 0 aromatic rings. The monoisotopic (exact) mass is 172 g/mol. The van der Waals surface area contributed by atoms with E-state index in [4.69, 9.17) is 5.53 Å². The van der Waals surface area contributed by atoms with Gasteiger partial charge in [-0.25, -0.2) is 0 Å². The Morgan fingerprint density at radius 1 is 1.38 bits per heavy atom. The summed E-state index contributed by atoms with van der Waals surface area (Å²) in [4.78, 5) is 6.64. The fourth-order valence-corrected chi connectivity index (χ4v) is 0.901. The molecule has 0 bridgehead atoms. The van der Waals surface area contributed by atoms with Gasteiger partial charge in [0, 0.05) is 22.9 Å². The smallest absolute Gasteiger partial charge is 0.0700 e. The maximum atomic E-state index is 8.12. The molecule has 0 aromatic heterocycles. The normalized spacial score (nSPS) is 20.3. The van der Waals surface area contributed by atoms with Gasteiger partial charge in [-0.2, -0.15) is 0 Å². The minimum Gasteiger partial charge on any atom is -0.257 e. The molecule has 1 rings (SSSR count). The molecule has 4 nitrogen and oxygen atoms in total. The fourth-order valence-electron chi connectivity index (χ4n) is 0.901. The van der Waals surface area contributed by atoms with Gasteiger partial charge in [-0.3, -0.25) is 4.99 Å². The first-order chi connectivity index (χ1) is 6.38. The van der Waals surface area contributed by atoms with E-state index in [1.165, 1.54) is 12.4 Å². The van der Waals surface area contributed by atoms with Gasteiger partial charge in [0.25, 0.3) is 0 Å². The summed E-state index contributed by atoms with van der Waals surface area (Å²) < 4.78 is 0.